The summed E-state index contributed by atoms with van der Waals surface area (Å²) in [6.07, 6.45) is 0.797. The predicted octanol–water partition coefficient (Wildman–Crippen LogP) is 3.46. The van der Waals surface area contributed by atoms with E-state index < -0.39 is 0 Å². The molecule has 0 aliphatic carbocycles. The molecule has 2 aromatic carbocycles. The lowest BCUT2D eigenvalue weighted by Gasteiger charge is -2.17. The molecule has 1 N–H and O–H groups in total. The molecule has 0 aromatic heterocycles. The molecule has 0 fully saturated rings. The van der Waals surface area contributed by atoms with Crippen LogP contribution in [-0.2, 0) is 6.42 Å². The Morgan fingerprint density at radius 3 is 2.62 bits per heavy atom. The van der Waals surface area contributed by atoms with Crippen LogP contribution in [0.25, 0.3) is 0 Å². The van der Waals surface area contributed by atoms with E-state index in [1.807, 2.05) is 6.07 Å². The third-order valence-corrected chi connectivity index (χ3v) is 5.05. The minimum atomic E-state index is -0.130. The second-order valence-corrected chi connectivity index (χ2v) is 6.41. The molecule has 1 aliphatic heterocycles. The molecule has 5 heteroatoms. The number of amides is 1. The maximum atomic E-state index is 12.5. The fourth-order valence-electron chi connectivity index (χ4n) is 2.36. The van der Waals surface area contributed by atoms with Crippen molar-refractivity contribution >= 4 is 45.9 Å². The predicted molar refractivity (Wildman–Crippen MR) is 90.1 cm³/mol. The Kier molecular flexibility index (Phi) is 3.99. The third-order valence-electron chi connectivity index (χ3n) is 3.48. The quantitative estimate of drug-likeness (QED) is 0.608. The van der Waals surface area contributed by atoms with Crippen LogP contribution in [0.15, 0.2) is 36.4 Å². The van der Waals surface area contributed by atoms with Crippen molar-refractivity contribution in [3.05, 3.63) is 67.2 Å². The summed E-state index contributed by atoms with van der Waals surface area (Å²) >= 11 is 8.17. The Morgan fingerprint density at radius 1 is 1.14 bits per heavy atom. The molecule has 0 saturated carbocycles. The molecule has 0 atom stereocenters. The van der Waals surface area contributed by atoms with E-state index in [-0.39, 0.29) is 11.7 Å². The Labute approximate surface area is 140 Å². The number of halogens is 2. The number of hydrogen-bond acceptors (Lipinski definition) is 2. The number of rotatable bonds is 2. The van der Waals surface area contributed by atoms with Crippen molar-refractivity contribution in [2.45, 2.75) is 6.42 Å². The Hall–Kier alpha value is -1.40. The van der Waals surface area contributed by atoms with Gasteiger partial charge in [0.25, 0.3) is 5.91 Å². The summed E-state index contributed by atoms with van der Waals surface area (Å²) in [5.41, 5.74) is 2.60. The lowest BCUT2D eigenvalue weighted by molar-refractivity contribution is 0.0946. The van der Waals surface area contributed by atoms with Crippen molar-refractivity contribution in [1.29, 1.82) is 0 Å². The third kappa shape index (κ3) is 2.82. The van der Waals surface area contributed by atoms with Gasteiger partial charge < -0.3 is 5.32 Å². The number of nitrogens with one attached hydrogen (secondary N) is 1. The average molecular weight is 412 g/mol. The summed E-state index contributed by atoms with van der Waals surface area (Å²) in [6.45, 7) is 0.645. The molecule has 1 aliphatic rings. The van der Waals surface area contributed by atoms with Gasteiger partial charge >= 0.3 is 0 Å². The average Bonchev–Trinajstić information content (AvgIpc) is 2.49. The fourth-order valence-corrected chi connectivity index (χ4v) is 2.87. The van der Waals surface area contributed by atoms with Gasteiger partial charge in [0.05, 0.1) is 5.02 Å². The monoisotopic (exact) mass is 411 g/mol. The van der Waals surface area contributed by atoms with Gasteiger partial charge in [0, 0.05) is 26.8 Å². The molecule has 3 nitrogen and oxygen atoms in total. The highest BCUT2D eigenvalue weighted by Gasteiger charge is 2.19. The number of fused-ring (bicyclic) bond motifs is 1. The maximum Gasteiger partial charge on any atom is 0.251 e. The summed E-state index contributed by atoms with van der Waals surface area (Å²) in [5.74, 6) is -0.249. The molecule has 0 saturated heterocycles. The van der Waals surface area contributed by atoms with Crippen molar-refractivity contribution < 1.29 is 9.59 Å². The molecule has 1 amide bonds. The SMILES string of the molecule is O=C(c1ccc(I)c(Cl)c1)c1ccc2c(c1)C(=O)NCC2. The summed E-state index contributed by atoms with van der Waals surface area (Å²) < 4.78 is 0.899. The van der Waals surface area contributed by atoms with E-state index in [4.69, 9.17) is 11.6 Å². The van der Waals surface area contributed by atoms with Crippen LogP contribution in [0.5, 0.6) is 0 Å². The minimum Gasteiger partial charge on any atom is -0.352 e. The standard InChI is InChI=1S/C16H11ClINO2/c17-13-8-11(3-4-14(13)18)15(20)10-2-1-9-5-6-19-16(21)12(9)7-10/h1-4,7-8H,5-6H2,(H,19,21). The first-order chi connectivity index (χ1) is 10.1. The zero-order chi connectivity index (χ0) is 15.0. The highest BCUT2D eigenvalue weighted by atomic mass is 127. The van der Waals surface area contributed by atoms with Crippen LogP contribution < -0.4 is 5.32 Å². The van der Waals surface area contributed by atoms with Crippen molar-refractivity contribution in [1.82, 2.24) is 5.32 Å². The van der Waals surface area contributed by atoms with Crippen LogP contribution in [-0.4, -0.2) is 18.2 Å². The molecule has 0 radical (unpaired) electrons. The van der Waals surface area contributed by atoms with Crippen molar-refractivity contribution in [3.8, 4) is 0 Å². The van der Waals surface area contributed by atoms with Crippen LogP contribution >= 0.6 is 34.2 Å². The minimum absolute atomic E-state index is 0.119. The van der Waals surface area contributed by atoms with Crippen molar-refractivity contribution in [2.24, 2.45) is 0 Å². The number of carbonyl (C=O) groups is 2. The summed E-state index contributed by atoms with van der Waals surface area (Å²) in [7, 11) is 0. The van der Waals surface area contributed by atoms with E-state index in [1.54, 1.807) is 30.3 Å². The largest absolute Gasteiger partial charge is 0.352 e. The lowest BCUT2D eigenvalue weighted by atomic mass is 9.94. The molecule has 106 valence electrons. The van der Waals surface area contributed by atoms with E-state index in [2.05, 4.69) is 27.9 Å². The van der Waals surface area contributed by atoms with Crippen LogP contribution in [0.1, 0.15) is 31.8 Å². The highest BCUT2D eigenvalue weighted by molar-refractivity contribution is 14.1. The number of carbonyl (C=O) groups excluding carboxylic acids is 2. The molecule has 3 rings (SSSR count). The van der Waals surface area contributed by atoms with E-state index in [0.717, 1.165) is 15.6 Å². The van der Waals surface area contributed by atoms with Gasteiger partial charge in [0.15, 0.2) is 5.78 Å². The Morgan fingerprint density at radius 2 is 1.86 bits per heavy atom. The van der Waals surface area contributed by atoms with Crippen LogP contribution in [0.2, 0.25) is 5.02 Å². The van der Waals surface area contributed by atoms with Gasteiger partial charge in [-0.25, -0.2) is 0 Å². The van der Waals surface area contributed by atoms with Gasteiger partial charge in [-0.05, 0) is 58.8 Å². The second kappa shape index (κ2) is 5.77. The molecule has 0 unspecified atom stereocenters. The van der Waals surface area contributed by atoms with E-state index in [0.29, 0.717) is 28.3 Å². The smallest absolute Gasteiger partial charge is 0.251 e. The van der Waals surface area contributed by atoms with E-state index in [1.165, 1.54) is 0 Å². The molecular weight excluding hydrogens is 401 g/mol. The Bertz CT molecular complexity index is 758. The number of hydrogen-bond donors (Lipinski definition) is 1. The lowest BCUT2D eigenvalue weighted by Crippen LogP contribution is -2.32. The molecular formula is C16H11ClINO2. The first kappa shape index (κ1) is 14.5. The van der Waals surface area contributed by atoms with Gasteiger partial charge in [0.1, 0.15) is 0 Å². The Balaban J connectivity index is 2.00. The molecule has 1 heterocycles. The molecule has 21 heavy (non-hydrogen) atoms. The number of benzene rings is 2. The number of ketones is 1. The van der Waals surface area contributed by atoms with Gasteiger partial charge in [-0.3, -0.25) is 9.59 Å². The fraction of sp³-hybridized carbons (Fsp3) is 0.125. The summed E-state index contributed by atoms with van der Waals surface area (Å²) in [5, 5.41) is 3.34. The molecule has 2 aromatic rings. The topological polar surface area (TPSA) is 46.2 Å². The van der Waals surface area contributed by atoms with Crippen LogP contribution in [0.3, 0.4) is 0 Å². The maximum absolute atomic E-state index is 12.5. The van der Waals surface area contributed by atoms with Crippen LogP contribution in [0, 0.1) is 3.57 Å². The summed E-state index contributed by atoms with van der Waals surface area (Å²) in [4.78, 5) is 24.4. The van der Waals surface area contributed by atoms with Gasteiger partial charge in [-0.2, -0.15) is 0 Å². The van der Waals surface area contributed by atoms with Crippen LogP contribution in [0.4, 0.5) is 0 Å². The first-order valence-corrected chi connectivity index (χ1v) is 7.93. The first-order valence-electron chi connectivity index (χ1n) is 6.47. The summed E-state index contributed by atoms with van der Waals surface area (Å²) in [6, 6.07) is 10.5. The normalized spacial score (nSPS) is 13.5. The van der Waals surface area contributed by atoms with Gasteiger partial charge in [0.2, 0.25) is 0 Å². The van der Waals surface area contributed by atoms with E-state index in [9.17, 15) is 9.59 Å². The van der Waals surface area contributed by atoms with Gasteiger partial charge in [-0.1, -0.05) is 23.7 Å². The van der Waals surface area contributed by atoms with Crippen molar-refractivity contribution in [2.75, 3.05) is 6.54 Å². The zero-order valence-corrected chi connectivity index (χ0v) is 13.9. The van der Waals surface area contributed by atoms with Gasteiger partial charge in [-0.15, -0.1) is 0 Å². The molecule has 0 bridgehead atoms. The van der Waals surface area contributed by atoms with E-state index >= 15 is 0 Å². The van der Waals surface area contributed by atoms with Crippen molar-refractivity contribution in [3.63, 3.8) is 0 Å². The second-order valence-electron chi connectivity index (χ2n) is 4.84. The molecule has 0 spiro atoms. The zero-order valence-electron chi connectivity index (χ0n) is 11.0. The highest BCUT2D eigenvalue weighted by Crippen LogP contribution is 2.23.